The molecule has 1 N–H and O–H groups in total. The summed E-state index contributed by atoms with van der Waals surface area (Å²) in [6.07, 6.45) is 0.255. The molecule has 1 rings (SSSR count). The van der Waals surface area contributed by atoms with Gasteiger partial charge in [0, 0.05) is 17.6 Å². The standard InChI is InChI=1S/C12H17BrFNO/c1-9(2)16-4-3-15-8-10-5-11(13)7-12(14)6-10/h5-7,9,15H,3-4,8H2,1-2H3. The van der Waals surface area contributed by atoms with Crippen molar-refractivity contribution in [2.45, 2.75) is 26.5 Å². The van der Waals surface area contributed by atoms with Crippen LogP contribution in [0.2, 0.25) is 0 Å². The Morgan fingerprint density at radius 1 is 1.38 bits per heavy atom. The van der Waals surface area contributed by atoms with E-state index in [9.17, 15) is 4.39 Å². The van der Waals surface area contributed by atoms with E-state index in [4.69, 9.17) is 4.74 Å². The van der Waals surface area contributed by atoms with Crippen LogP contribution in [-0.2, 0) is 11.3 Å². The van der Waals surface area contributed by atoms with E-state index in [0.717, 1.165) is 16.6 Å². The maximum atomic E-state index is 13.0. The highest BCUT2D eigenvalue weighted by atomic mass is 79.9. The first-order chi connectivity index (χ1) is 7.58. The Morgan fingerprint density at radius 3 is 2.75 bits per heavy atom. The van der Waals surface area contributed by atoms with Crippen LogP contribution >= 0.6 is 15.9 Å². The fraction of sp³-hybridized carbons (Fsp3) is 0.500. The second-order valence-electron chi connectivity index (χ2n) is 3.87. The molecule has 0 aliphatic heterocycles. The van der Waals surface area contributed by atoms with Gasteiger partial charge in [0.2, 0.25) is 0 Å². The van der Waals surface area contributed by atoms with Gasteiger partial charge in [-0.05, 0) is 37.6 Å². The second-order valence-corrected chi connectivity index (χ2v) is 4.79. The number of hydrogen-bond donors (Lipinski definition) is 1. The molecule has 0 spiro atoms. The first kappa shape index (κ1) is 13.6. The van der Waals surface area contributed by atoms with Crippen LogP contribution in [0.5, 0.6) is 0 Å². The van der Waals surface area contributed by atoms with E-state index in [1.807, 2.05) is 19.9 Å². The fourth-order valence-electron chi connectivity index (χ4n) is 1.31. The number of halogens is 2. The molecule has 0 aliphatic carbocycles. The molecule has 16 heavy (non-hydrogen) atoms. The summed E-state index contributed by atoms with van der Waals surface area (Å²) < 4.78 is 19.2. The van der Waals surface area contributed by atoms with Crippen LogP contribution in [-0.4, -0.2) is 19.3 Å². The molecule has 0 atom stereocenters. The zero-order chi connectivity index (χ0) is 12.0. The molecule has 4 heteroatoms. The van der Waals surface area contributed by atoms with Crippen molar-refractivity contribution >= 4 is 15.9 Å². The van der Waals surface area contributed by atoms with E-state index < -0.39 is 0 Å². The monoisotopic (exact) mass is 289 g/mol. The van der Waals surface area contributed by atoms with E-state index in [2.05, 4.69) is 21.2 Å². The Labute approximate surface area is 104 Å². The third-order valence-electron chi connectivity index (χ3n) is 1.98. The first-order valence-electron chi connectivity index (χ1n) is 5.35. The molecule has 0 bridgehead atoms. The number of nitrogens with one attached hydrogen (secondary N) is 1. The highest BCUT2D eigenvalue weighted by molar-refractivity contribution is 9.10. The summed E-state index contributed by atoms with van der Waals surface area (Å²) >= 11 is 3.26. The first-order valence-corrected chi connectivity index (χ1v) is 6.14. The molecule has 2 nitrogen and oxygen atoms in total. The Balaban J connectivity index is 2.26. The minimum atomic E-state index is -0.218. The van der Waals surface area contributed by atoms with Gasteiger partial charge in [-0.15, -0.1) is 0 Å². The van der Waals surface area contributed by atoms with Crippen LogP contribution in [0.3, 0.4) is 0 Å². The van der Waals surface area contributed by atoms with Crippen molar-refractivity contribution in [3.05, 3.63) is 34.1 Å². The van der Waals surface area contributed by atoms with Gasteiger partial charge in [0.05, 0.1) is 12.7 Å². The predicted molar refractivity (Wildman–Crippen MR) is 66.9 cm³/mol. The Bertz CT molecular complexity index is 311. The highest BCUT2D eigenvalue weighted by Gasteiger charge is 1.99. The molecule has 1 aromatic carbocycles. The summed E-state index contributed by atoms with van der Waals surface area (Å²) in [4.78, 5) is 0. The lowest BCUT2D eigenvalue weighted by Gasteiger charge is -2.08. The van der Waals surface area contributed by atoms with Gasteiger partial charge in [-0.25, -0.2) is 4.39 Å². The number of benzene rings is 1. The molecule has 0 heterocycles. The summed E-state index contributed by atoms with van der Waals surface area (Å²) in [5.74, 6) is -0.218. The third-order valence-corrected chi connectivity index (χ3v) is 2.44. The zero-order valence-electron chi connectivity index (χ0n) is 9.59. The fourth-order valence-corrected chi connectivity index (χ4v) is 1.83. The Kier molecular flexibility index (Phi) is 5.95. The van der Waals surface area contributed by atoms with Gasteiger partial charge in [0.1, 0.15) is 5.82 Å². The molecule has 0 amide bonds. The average molecular weight is 290 g/mol. The van der Waals surface area contributed by atoms with E-state index >= 15 is 0 Å². The van der Waals surface area contributed by atoms with Crippen molar-refractivity contribution < 1.29 is 9.13 Å². The normalized spacial score (nSPS) is 11.1. The summed E-state index contributed by atoms with van der Waals surface area (Å²) in [6.45, 7) is 6.10. The lowest BCUT2D eigenvalue weighted by Crippen LogP contribution is -2.21. The summed E-state index contributed by atoms with van der Waals surface area (Å²) in [5.41, 5.74) is 0.927. The van der Waals surface area contributed by atoms with Crippen molar-refractivity contribution in [3.8, 4) is 0 Å². The van der Waals surface area contributed by atoms with Crippen LogP contribution < -0.4 is 5.32 Å². The maximum Gasteiger partial charge on any atom is 0.124 e. The number of hydrogen-bond acceptors (Lipinski definition) is 2. The van der Waals surface area contributed by atoms with E-state index in [-0.39, 0.29) is 11.9 Å². The van der Waals surface area contributed by atoms with Crippen molar-refractivity contribution in [3.63, 3.8) is 0 Å². The van der Waals surface area contributed by atoms with Crippen LogP contribution in [0.25, 0.3) is 0 Å². The lowest BCUT2D eigenvalue weighted by molar-refractivity contribution is 0.0807. The van der Waals surface area contributed by atoms with Gasteiger partial charge in [0.15, 0.2) is 0 Å². The van der Waals surface area contributed by atoms with Crippen molar-refractivity contribution in [2.75, 3.05) is 13.2 Å². The van der Waals surface area contributed by atoms with E-state index in [1.165, 1.54) is 12.1 Å². The van der Waals surface area contributed by atoms with E-state index in [0.29, 0.717) is 13.2 Å². The molecule has 0 aliphatic rings. The van der Waals surface area contributed by atoms with Gasteiger partial charge in [-0.3, -0.25) is 0 Å². The topological polar surface area (TPSA) is 21.3 Å². The van der Waals surface area contributed by atoms with Gasteiger partial charge in [-0.1, -0.05) is 15.9 Å². The quantitative estimate of drug-likeness (QED) is 0.813. The molecule has 0 fully saturated rings. The SMILES string of the molecule is CC(C)OCCNCc1cc(F)cc(Br)c1. The second kappa shape index (κ2) is 6.99. The molecule has 0 saturated carbocycles. The number of ether oxygens (including phenoxy) is 1. The van der Waals surface area contributed by atoms with E-state index in [1.54, 1.807) is 0 Å². The molecular formula is C12H17BrFNO. The van der Waals surface area contributed by atoms with Crippen molar-refractivity contribution in [1.29, 1.82) is 0 Å². The minimum absolute atomic E-state index is 0.218. The lowest BCUT2D eigenvalue weighted by atomic mass is 10.2. The van der Waals surface area contributed by atoms with Gasteiger partial charge >= 0.3 is 0 Å². The third kappa shape index (κ3) is 5.58. The molecule has 0 radical (unpaired) electrons. The maximum absolute atomic E-state index is 13.0. The molecule has 0 saturated heterocycles. The van der Waals surface area contributed by atoms with Crippen LogP contribution in [0.1, 0.15) is 19.4 Å². The van der Waals surface area contributed by atoms with Gasteiger partial charge in [0.25, 0.3) is 0 Å². The largest absolute Gasteiger partial charge is 0.377 e. The predicted octanol–water partition coefficient (Wildman–Crippen LogP) is 3.10. The molecular weight excluding hydrogens is 273 g/mol. The molecule has 0 aromatic heterocycles. The number of rotatable bonds is 6. The van der Waals surface area contributed by atoms with Gasteiger partial charge < -0.3 is 10.1 Å². The molecule has 0 unspecified atom stereocenters. The summed E-state index contributed by atoms with van der Waals surface area (Å²) in [7, 11) is 0. The Morgan fingerprint density at radius 2 is 2.12 bits per heavy atom. The summed E-state index contributed by atoms with van der Waals surface area (Å²) in [5, 5.41) is 3.20. The van der Waals surface area contributed by atoms with Crippen LogP contribution in [0.15, 0.2) is 22.7 Å². The van der Waals surface area contributed by atoms with Crippen molar-refractivity contribution in [1.82, 2.24) is 5.32 Å². The minimum Gasteiger partial charge on any atom is -0.377 e. The zero-order valence-corrected chi connectivity index (χ0v) is 11.2. The van der Waals surface area contributed by atoms with Gasteiger partial charge in [-0.2, -0.15) is 0 Å². The van der Waals surface area contributed by atoms with Crippen molar-refractivity contribution in [2.24, 2.45) is 0 Å². The summed E-state index contributed by atoms with van der Waals surface area (Å²) in [6, 6.07) is 4.88. The highest BCUT2D eigenvalue weighted by Crippen LogP contribution is 2.14. The molecule has 1 aromatic rings. The van der Waals surface area contributed by atoms with Crippen LogP contribution in [0.4, 0.5) is 4.39 Å². The average Bonchev–Trinajstić information content (AvgIpc) is 2.15. The smallest absolute Gasteiger partial charge is 0.124 e. The molecule has 90 valence electrons. The Hall–Kier alpha value is -0.450. The van der Waals surface area contributed by atoms with Crippen LogP contribution in [0, 0.1) is 5.82 Å².